The van der Waals surface area contributed by atoms with E-state index in [1.54, 1.807) is 12.1 Å². The van der Waals surface area contributed by atoms with E-state index in [2.05, 4.69) is 29.9 Å². The minimum absolute atomic E-state index is 0.0475. The molecule has 0 radical (unpaired) electrons. The number of benzene rings is 3. The molecule has 0 amide bonds. The van der Waals surface area contributed by atoms with Gasteiger partial charge in [-0.3, -0.25) is 9.52 Å². The molecule has 8 heteroatoms. The third-order valence-electron chi connectivity index (χ3n) is 8.74. The van der Waals surface area contributed by atoms with Crippen molar-refractivity contribution >= 4 is 16.3 Å². The van der Waals surface area contributed by atoms with Crippen molar-refractivity contribution in [3.05, 3.63) is 106 Å². The summed E-state index contributed by atoms with van der Waals surface area (Å²) in [6, 6.07) is 30.1. The fourth-order valence-corrected chi connectivity index (χ4v) is 5.47. The molecule has 0 aliphatic heterocycles. The lowest BCUT2D eigenvalue weighted by atomic mass is 9.86. The number of rotatable bonds is 8. The Labute approximate surface area is 297 Å². The second-order valence-corrected chi connectivity index (χ2v) is 18.4. The summed E-state index contributed by atoms with van der Waals surface area (Å²) < 4.78 is 13.8. The first-order valence-corrected chi connectivity index (χ1v) is 18.4. The first-order valence-electron chi connectivity index (χ1n) is 16.4. The third kappa shape index (κ3) is 12.5. The van der Waals surface area contributed by atoms with Gasteiger partial charge in [-0.15, -0.1) is 0 Å². The van der Waals surface area contributed by atoms with E-state index in [0.29, 0.717) is 5.56 Å². The summed E-state index contributed by atoms with van der Waals surface area (Å²) in [5, 5.41) is 27.0. The van der Waals surface area contributed by atoms with Gasteiger partial charge >= 0.3 is 0 Å². The largest absolute Gasteiger partial charge is 0.338 e. The molecular formula is C41H57N5O2S. The highest BCUT2D eigenvalue weighted by Crippen LogP contribution is 2.50. The van der Waals surface area contributed by atoms with Crippen LogP contribution in [0.3, 0.4) is 0 Å². The molecule has 0 saturated heterocycles. The molecule has 4 N–H and O–H groups in total. The van der Waals surface area contributed by atoms with Gasteiger partial charge in [-0.05, 0) is 111 Å². The molecule has 3 rings (SSSR count). The highest BCUT2D eigenvalue weighted by molar-refractivity contribution is 8.28. The Morgan fingerprint density at radius 2 is 0.980 bits per heavy atom. The molecule has 3 atom stereocenters. The monoisotopic (exact) mass is 683 g/mol. The van der Waals surface area contributed by atoms with Gasteiger partial charge in [0.15, 0.2) is 5.78 Å². The maximum absolute atomic E-state index is 11.0. The summed E-state index contributed by atoms with van der Waals surface area (Å²) >= 11 is 0. The van der Waals surface area contributed by atoms with E-state index >= 15 is 0 Å². The Hall–Kier alpha value is -3.97. The lowest BCUT2D eigenvalue weighted by Gasteiger charge is -2.44. The maximum atomic E-state index is 11.0. The zero-order chi connectivity index (χ0) is 38.0. The molecule has 0 heterocycles. The number of nitrogens with zero attached hydrogens (tertiary/aromatic N) is 3. The van der Waals surface area contributed by atoms with Crippen molar-refractivity contribution < 1.29 is 9.35 Å². The predicted octanol–water partition coefficient (Wildman–Crippen LogP) is 9.96. The van der Waals surface area contributed by atoms with Gasteiger partial charge in [0.05, 0.1) is 34.5 Å². The fourth-order valence-electron chi connectivity index (χ4n) is 4.30. The number of nitrogens with two attached hydrogens (primary N) is 1. The molecule has 0 fully saturated rings. The van der Waals surface area contributed by atoms with E-state index in [1.165, 1.54) is 6.92 Å². The molecule has 3 aromatic carbocycles. The number of nitriles is 3. The third-order valence-corrected chi connectivity index (χ3v) is 11.9. The van der Waals surface area contributed by atoms with Gasteiger partial charge in [-0.25, -0.2) is 0 Å². The van der Waals surface area contributed by atoms with E-state index in [9.17, 15) is 14.6 Å². The molecule has 0 spiro atoms. The van der Waals surface area contributed by atoms with Crippen molar-refractivity contribution in [2.75, 3.05) is 6.26 Å². The van der Waals surface area contributed by atoms with Crippen LogP contribution in [0, 0.1) is 34.0 Å². The van der Waals surface area contributed by atoms with Crippen molar-refractivity contribution in [2.45, 2.75) is 116 Å². The Morgan fingerprint density at radius 1 is 0.673 bits per heavy atom. The number of hydrogen-bond donors (Lipinski definition) is 3. The molecule has 264 valence electrons. The number of ketones is 1. The minimum atomic E-state index is -1.89. The molecule has 0 bridgehead atoms. The van der Waals surface area contributed by atoms with Crippen LogP contribution in [-0.4, -0.2) is 21.3 Å². The van der Waals surface area contributed by atoms with Crippen LogP contribution in [0.1, 0.15) is 133 Å². The van der Waals surface area contributed by atoms with Crippen LogP contribution < -0.4 is 10.5 Å². The molecule has 49 heavy (non-hydrogen) atoms. The molecule has 0 aliphatic carbocycles. The average molecular weight is 684 g/mol. The summed E-state index contributed by atoms with van der Waals surface area (Å²) in [6.07, 6.45) is 1.89. The van der Waals surface area contributed by atoms with E-state index in [4.69, 9.17) is 16.3 Å². The Bertz CT molecular complexity index is 1640. The van der Waals surface area contributed by atoms with Crippen molar-refractivity contribution in [3.8, 4) is 18.2 Å². The van der Waals surface area contributed by atoms with Crippen LogP contribution in [0.5, 0.6) is 0 Å². The van der Waals surface area contributed by atoms with E-state index in [0.717, 1.165) is 27.8 Å². The van der Waals surface area contributed by atoms with Crippen LogP contribution in [0.25, 0.3) is 0 Å². The van der Waals surface area contributed by atoms with Crippen LogP contribution in [-0.2, 0) is 16.2 Å². The number of carbonyl (C=O) groups is 1. The van der Waals surface area contributed by atoms with Gasteiger partial charge in [0.25, 0.3) is 0 Å². The normalized spacial score (nSPS) is 14.8. The second kappa shape index (κ2) is 17.1. The van der Waals surface area contributed by atoms with Gasteiger partial charge < -0.3 is 10.3 Å². The van der Waals surface area contributed by atoms with Crippen molar-refractivity contribution in [1.29, 1.82) is 15.8 Å². The lowest BCUT2D eigenvalue weighted by Crippen LogP contribution is -2.35. The summed E-state index contributed by atoms with van der Waals surface area (Å²) in [7, 11) is -1.89. The van der Waals surface area contributed by atoms with Crippen molar-refractivity contribution in [2.24, 2.45) is 5.73 Å². The van der Waals surface area contributed by atoms with Gasteiger partial charge in [-0.1, -0.05) is 83.3 Å². The first-order chi connectivity index (χ1) is 22.3. The fraction of sp³-hybridized carbons (Fsp3) is 0.463. The molecule has 0 aliphatic rings. The smallest absolute Gasteiger partial charge is 0.159 e. The molecule has 0 saturated carbocycles. The van der Waals surface area contributed by atoms with Gasteiger partial charge in [-0.2, -0.15) is 15.8 Å². The molecule has 3 aromatic rings. The predicted molar refractivity (Wildman–Crippen MR) is 205 cm³/mol. The standard InChI is InChI=1S/C17H28N2OS.C12H16N2.C12H13NO/c1-13(19-21(7,20)16(2,3)4)14-8-10-15(11-9-14)17(5,6)12-18;2*1-9(14)10-4-6-11(7-5-10)12(2,3)8-13/h8-11,13,19-20H,1-7H3;4-7,9H,14H2,1-3H3;4-7H,1-3H3/t13-;9-;/m00./s1. The topological polar surface area (TPSA) is 147 Å². The van der Waals surface area contributed by atoms with Gasteiger partial charge in [0.2, 0.25) is 0 Å². The zero-order valence-electron chi connectivity index (χ0n) is 31.8. The summed E-state index contributed by atoms with van der Waals surface area (Å²) in [4.78, 5) is 11.0. The highest BCUT2D eigenvalue weighted by Gasteiger charge is 2.31. The average Bonchev–Trinajstić information content (AvgIpc) is 3.04. The quantitative estimate of drug-likeness (QED) is 0.200. The molecular weight excluding hydrogens is 627 g/mol. The Kier molecular flexibility index (Phi) is 15.0. The van der Waals surface area contributed by atoms with Crippen LogP contribution in [0.4, 0.5) is 0 Å². The number of nitrogens with one attached hydrogen (secondary N) is 1. The molecule has 1 unspecified atom stereocenters. The number of hydrogen-bond acceptors (Lipinski definition) is 7. The summed E-state index contributed by atoms with van der Waals surface area (Å²) in [5.41, 5.74) is 10.2. The van der Waals surface area contributed by atoms with E-state index < -0.39 is 26.7 Å². The summed E-state index contributed by atoms with van der Waals surface area (Å²) in [6.45, 7) is 23.0. The highest BCUT2D eigenvalue weighted by atomic mass is 32.3. The van der Waals surface area contributed by atoms with E-state index in [1.807, 2.05) is 136 Å². The SMILES string of the molecule is CC(=O)c1ccc(C(C)(C)C#N)cc1.C[C@H](N)c1ccc(C(C)(C)C#N)cc1.C[C@H](NS(C)(O)C(C)(C)C)c1ccc(C(C)(C)C#N)cc1. The number of carbonyl (C=O) groups excluding carboxylic acids is 1. The van der Waals surface area contributed by atoms with Crippen LogP contribution in [0.2, 0.25) is 0 Å². The first kappa shape index (κ1) is 43.1. The summed E-state index contributed by atoms with van der Waals surface area (Å²) in [5.74, 6) is 0.0475. The Balaban J connectivity index is 0.000000380. The van der Waals surface area contributed by atoms with Crippen LogP contribution >= 0.6 is 10.5 Å². The lowest BCUT2D eigenvalue weighted by molar-refractivity contribution is 0.101. The van der Waals surface area contributed by atoms with Crippen molar-refractivity contribution in [3.63, 3.8) is 0 Å². The van der Waals surface area contributed by atoms with Crippen molar-refractivity contribution in [1.82, 2.24) is 4.72 Å². The van der Waals surface area contributed by atoms with Gasteiger partial charge in [0.1, 0.15) is 0 Å². The zero-order valence-corrected chi connectivity index (χ0v) is 32.6. The maximum Gasteiger partial charge on any atom is 0.159 e. The second-order valence-electron chi connectivity index (χ2n) is 15.2. The van der Waals surface area contributed by atoms with Gasteiger partial charge in [0, 0.05) is 28.6 Å². The Morgan fingerprint density at radius 3 is 1.24 bits per heavy atom. The molecule has 0 aromatic heterocycles. The van der Waals surface area contributed by atoms with Crippen LogP contribution in [0.15, 0.2) is 72.8 Å². The number of Topliss-reactive ketones (excluding diaryl/α,β-unsaturated/α-hetero) is 1. The van der Waals surface area contributed by atoms with E-state index in [-0.39, 0.29) is 22.6 Å². The molecule has 7 nitrogen and oxygen atoms in total. The minimum Gasteiger partial charge on any atom is -0.338 e.